The fourth-order valence-corrected chi connectivity index (χ4v) is 4.50. The quantitative estimate of drug-likeness (QED) is 0.516. The molecule has 0 fully saturated rings. The van der Waals surface area contributed by atoms with Gasteiger partial charge in [0.2, 0.25) is 0 Å². The minimum atomic E-state index is -2.55. The van der Waals surface area contributed by atoms with Crippen LogP contribution in [-0.2, 0) is 13.3 Å². The summed E-state index contributed by atoms with van der Waals surface area (Å²) in [7, 11) is -2.55. The van der Waals surface area contributed by atoms with Crippen molar-refractivity contribution in [2.24, 2.45) is 11.7 Å². The molecule has 15 heavy (non-hydrogen) atoms. The zero-order chi connectivity index (χ0) is 11.9. The summed E-state index contributed by atoms with van der Waals surface area (Å²) in [6, 6.07) is 0.816. The van der Waals surface area contributed by atoms with Crippen molar-refractivity contribution in [3.05, 3.63) is 0 Å². The molecule has 0 saturated carbocycles. The van der Waals surface area contributed by atoms with E-state index >= 15 is 0 Å². The summed E-state index contributed by atoms with van der Waals surface area (Å²) in [5.74, 6) is 0.480. The van der Waals surface area contributed by atoms with E-state index in [2.05, 4.69) is 13.8 Å². The highest BCUT2D eigenvalue weighted by atomic mass is 28.4. The standard InChI is InChI=1S/C10H25NO3Si/c1-6-12-15(13-7-2,8-9(3)4)14-10(5)11/h9-10H,6-8,11H2,1-5H3/t10-/m1/s1. The Morgan fingerprint density at radius 1 is 1.07 bits per heavy atom. The van der Waals surface area contributed by atoms with E-state index in [1.165, 1.54) is 0 Å². The predicted molar refractivity (Wildman–Crippen MR) is 63.4 cm³/mol. The van der Waals surface area contributed by atoms with Gasteiger partial charge in [-0.05, 0) is 26.7 Å². The van der Waals surface area contributed by atoms with Crippen molar-refractivity contribution in [1.29, 1.82) is 0 Å². The molecule has 4 nitrogen and oxygen atoms in total. The molecular formula is C10H25NO3Si. The van der Waals surface area contributed by atoms with E-state index in [9.17, 15) is 0 Å². The molecule has 0 aromatic carbocycles. The van der Waals surface area contributed by atoms with Crippen LogP contribution >= 0.6 is 0 Å². The molecule has 0 bridgehead atoms. The summed E-state index contributed by atoms with van der Waals surface area (Å²) in [6.45, 7) is 11.2. The smallest absolute Gasteiger partial charge is 0.374 e. The van der Waals surface area contributed by atoms with Crippen LogP contribution in [0.25, 0.3) is 0 Å². The van der Waals surface area contributed by atoms with E-state index in [-0.39, 0.29) is 6.23 Å². The molecule has 0 unspecified atom stereocenters. The van der Waals surface area contributed by atoms with Gasteiger partial charge < -0.3 is 19.0 Å². The Labute approximate surface area is 94.5 Å². The number of hydrogen-bond acceptors (Lipinski definition) is 4. The zero-order valence-corrected chi connectivity index (χ0v) is 11.6. The third-order valence-corrected chi connectivity index (χ3v) is 5.26. The van der Waals surface area contributed by atoms with Gasteiger partial charge in [0.1, 0.15) is 0 Å². The SMILES string of the molecule is CCO[Si](CC(C)C)(OCC)O[C@H](C)N. The zero-order valence-electron chi connectivity index (χ0n) is 10.6. The second kappa shape index (κ2) is 7.35. The fourth-order valence-electron chi connectivity index (χ4n) is 1.50. The molecule has 0 amide bonds. The van der Waals surface area contributed by atoms with Crippen LogP contribution in [0.2, 0.25) is 6.04 Å². The van der Waals surface area contributed by atoms with Crippen molar-refractivity contribution in [2.75, 3.05) is 13.2 Å². The average Bonchev–Trinajstić information content (AvgIpc) is 2.01. The van der Waals surface area contributed by atoms with Crippen molar-refractivity contribution < 1.29 is 13.3 Å². The maximum absolute atomic E-state index is 5.71. The highest BCUT2D eigenvalue weighted by Crippen LogP contribution is 2.21. The monoisotopic (exact) mass is 235 g/mol. The van der Waals surface area contributed by atoms with Crippen LogP contribution in [0.1, 0.15) is 34.6 Å². The summed E-state index contributed by atoms with van der Waals surface area (Å²) >= 11 is 0. The van der Waals surface area contributed by atoms with Crippen LogP contribution in [0.15, 0.2) is 0 Å². The largest absolute Gasteiger partial charge is 0.502 e. The van der Waals surface area contributed by atoms with Gasteiger partial charge in [0.05, 0.1) is 6.23 Å². The van der Waals surface area contributed by atoms with Gasteiger partial charge >= 0.3 is 8.80 Å². The van der Waals surface area contributed by atoms with Crippen molar-refractivity contribution in [3.63, 3.8) is 0 Å². The molecule has 0 aliphatic rings. The second-order valence-corrected chi connectivity index (χ2v) is 6.56. The van der Waals surface area contributed by atoms with Gasteiger partial charge in [-0.25, -0.2) is 0 Å². The fraction of sp³-hybridized carbons (Fsp3) is 1.00. The van der Waals surface area contributed by atoms with E-state index in [1.807, 2.05) is 13.8 Å². The first kappa shape index (κ1) is 15.1. The highest BCUT2D eigenvalue weighted by molar-refractivity contribution is 6.60. The van der Waals surface area contributed by atoms with Crippen molar-refractivity contribution in [1.82, 2.24) is 0 Å². The molecule has 0 radical (unpaired) electrons. The normalized spacial score (nSPS) is 14.6. The van der Waals surface area contributed by atoms with Gasteiger partial charge in [0.25, 0.3) is 0 Å². The molecule has 0 aliphatic carbocycles. The third-order valence-electron chi connectivity index (χ3n) is 1.75. The molecule has 1 atom stereocenters. The molecule has 0 aliphatic heterocycles. The van der Waals surface area contributed by atoms with E-state index < -0.39 is 8.80 Å². The average molecular weight is 235 g/mol. The topological polar surface area (TPSA) is 53.7 Å². The Bertz CT molecular complexity index is 147. The number of hydrogen-bond donors (Lipinski definition) is 1. The van der Waals surface area contributed by atoms with Crippen LogP contribution in [0.3, 0.4) is 0 Å². The van der Waals surface area contributed by atoms with Gasteiger partial charge in [-0.2, -0.15) is 0 Å². The van der Waals surface area contributed by atoms with Crippen LogP contribution in [0.4, 0.5) is 0 Å². The minimum Gasteiger partial charge on any atom is -0.374 e. The second-order valence-electron chi connectivity index (χ2n) is 3.97. The molecule has 0 aromatic rings. The maximum Gasteiger partial charge on any atom is 0.502 e. The van der Waals surface area contributed by atoms with Crippen LogP contribution in [-0.4, -0.2) is 28.2 Å². The molecule has 0 aromatic heterocycles. The Morgan fingerprint density at radius 2 is 1.53 bits per heavy atom. The lowest BCUT2D eigenvalue weighted by Gasteiger charge is -2.31. The molecule has 5 heteroatoms. The predicted octanol–water partition coefficient (Wildman–Crippen LogP) is 1.98. The van der Waals surface area contributed by atoms with Gasteiger partial charge in [-0.15, -0.1) is 0 Å². The summed E-state index contributed by atoms with van der Waals surface area (Å²) in [6.07, 6.45) is -0.339. The van der Waals surface area contributed by atoms with Crippen molar-refractivity contribution in [2.45, 2.75) is 46.9 Å². The first-order valence-corrected chi connectivity index (χ1v) is 7.60. The molecule has 0 rings (SSSR count). The summed E-state index contributed by atoms with van der Waals surface area (Å²) in [4.78, 5) is 0. The summed E-state index contributed by atoms with van der Waals surface area (Å²) < 4.78 is 17.1. The van der Waals surface area contributed by atoms with Crippen molar-refractivity contribution >= 4 is 8.80 Å². The van der Waals surface area contributed by atoms with E-state index in [1.54, 1.807) is 6.92 Å². The Kier molecular flexibility index (Phi) is 7.38. The molecule has 0 spiro atoms. The highest BCUT2D eigenvalue weighted by Gasteiger charge is 2.42. The Balaban J connectivity index is 4.55. The molecule has 2 N–H and O–H groups in total. The number of rotatable bonds is 8. The Hall–Kier alpha value is 0.0569. The maximum atomic E-state index is 5.71. The minimum absolute atomic E-state index is 0.339. The molecule has 0 saturated heterocycles. The van der Waals surface area contributed by atoms with E-state index in [0.717, 1.165) is 6.04 Å². The van der Waals surface area contributed by atoms with Gasteiger partial charge in [-0.1, -0.05) is 13.8 Å². The van der Waals surface area contributed by atoms with Gasteiger partial charge in [0.15, 0.2) is 0 Å². The van der Waals surface area contributed by atoms with Crippen LogP contribution in [0.5, 0.6) is 0 Å². The van der Waals surface area contributed by atoms with Crippen LogP contribution < -0.4 is 5.73 Å². The molecule has 92 valence electrons. The first-order chi connectivity index (χ1) is 6.95. The number of nitrogens with two attached hydrogens (primary N) is 1. The molecular weight excluding hydrogens is 210 g/mol. The van der Waals surface area contributed by atoms with E-state index in [0.29, 0.717) is 19.1 Å². The van der Waals surface area contributed by atoms with Crippen LogP contribution in [0, 0.1) is 5.92 Å². The third kappa shape index (κ3) is 6.27. The lowest BCUT2D eigenvalue weighted by molar-refractivity contribution is 0.0380. The molecule has 0 heterocycles. The van der Waals surface area contributed by atoms with Gasteiger partial charge in [0, 0.05) is 19.3 Å². The van der Waals surface area contributed by atoms with E-state index in [4.69, 9.17) is 19.0 Å². The lowest BCUT2D eigenvalue weighted by atomic mass is 10.3. The Morgan fingerprint density at radius 3 is 1.80 bits per heavy atom. The summed E-state index contributed by atoms with van der Waals surface area (Å²) in [5, 5.41) is 0. The summed E-state index contributed by atoms with van der Waals surface area (Å²) in [5.41, 5.74) is 5.67. The first-order valence-electron chi connectivity index (χ1n) is 5.67. The van der Waals surface area contributed by atoms with Crippen molar-refractivity contribution in [3.8, 4) is 0 Å². The van der Waals surface area contributed by atoms with Gasteiger partial charge in [-0.3, -0.25) is 0 Å². The lowest BCUT2D eigenvalue weighted by Crippen LogP contribution is -2.50.